The van der Waals surface area contributed by atoms with Gasteiger partial charge in [-0.25, -0.2) is 0 Å². The summed E-state index contributed by atoms with van der Waals surface area (Å²) in [5.74, 6) is -0.874. The normalized spacial score (nSPS) is 19.1. The molecule has 1 saturated heterocycles. The molecule has 0 saturated carbocycles. The lowest BCUT2D eigenvalue weighted by Gasteiger charge is -2.33. The smallest absolute Gasteiger partial charge is 0.261 e. The zero-order valence-corrected chi connectivity index (χ0v) is 16.8. The molecule has 7 heteroatoms. The molecule has 0 aromatic heterocycles. The van der Waals surface area contributed by atoms with Crippen LogP contribution in [0.1, 0.15) is 32.7 Å². The molecule has 1 fully saturated rings. The summed E-state index contributed by atoms with van der Waals surface area (Å²) in [5.41, 5.74) is 2.05. The number of hydrogen-bond donors (Lipinski definition) is 1. The highest BCUT2D eigenvalue weighted by molar-refractivity contribution is 6.21. The molecule has 7 nitrogen and oxygen atoms in total. The Morgan fingerprint density at radius 3 is 2.37 bits per heavy atom. The molecular formula is C23H25N3O4. The molecule has 4 rings (SSSR count). The van der Waals surface area contributed by atoms with Crippen molar-refractivity contribution in [2.24, 2.45) is 0 Å². The van der Waals surface area contributed by atoms with E-state index in [-0.39, 0.29) is 36.8 Å². The molecule has 0 unspecified atom stereocenters. The molecule has 30 heavy (non-hydrogen) atoms. The van der Waals surface area contributed by atoms with Gasteiger partial charge in [0.1, 0.15) is 0 Å². The summed E-state index contributed by atoms with van der Waals surface area (Å²) in [5, 5.41) is 2.87. The number of carbonyl (C=O) groups excluding carboxylic acids is 3. The van der Waals surface area contributed by atoms with E-state index in [1.165, 1.54) is 5.56 Å². The van der Waals surface area contributed by atoms with Crippen molar-refractivity contribution in [1.82, 2.24) is 15.1 Å². The lowest BCUT2D eigenvalue weighted by Crippen LogP contribution is -2.47. The van der Waals surface area contributed by atoms with Crippen molar-refractivity contribution in [2.75, 3.05) is 32.8 Å². The van der Waals surface area contributed by atoms with Gasteiger partial charge >= 0.3 is 0 Å². The van der Waals surface area contributed by atoms with Gasteiger partial charge in [-0.15, -0.1) is 0 Å². The van der Waals surface area contributed by atoms with E-state index in [1.807, 2.05) is 18.2 Å². The van der Waals surface area contributed by atoms with Crippen LogP contribution in [0.3, 0.4) is 0 Å². The van der Waals surface area contributed by atoms with E-state index in [4.69, 9.17) is 4.74 Å². The Bertz CT molecular complexity index is 896. The Balaban J connectivity index is 1.21. The second-order valence-corrected chi connectivity index (χ2v) is 7.58. The van der Waals surface area contributed by atoms with Gasteiger partial charge in [-0.2, -0.15) is 0 Å². The van der Waals surface area contributed by atoms with Gasteiger partial charge in [0.05, 0.1) is 23.8 Å². The Morgan fingerprint density at radius 1 is 1.00 bits per heavy atom. The molecule has 2 heterocycles. The number of carbonyl (C=O) groups is 3. The van der Waals surface area contributed by atoms with Crippen LogP contribution in [0.15, 0.2) is 54.6 Å². The van der Waals surface area contributed by atoms with Gasteiger partial charge in [0.2, 0.25) is 5.91 Å². The number of morpholine rings is 1. The van der Waals surface area contributed by atoms with Gasteiger partial charge in [0.15, 0.2) is 0 Å². The molecule has 0 radical (unpaired) electrons. The van der Waals surface area contributed by atoms with E-state index >= 15 is 0 Å². The number of ether oxygens (including phenoxy) is 1. The first kappa shape index (κ1) is 20.3. The maximum atomic E-state index is 12.4. The first-order valence-corrected chi connectivity index (χ1v) is 10.2. The molecule has 1 N–H and O–H groups in total. The Kier molecular flexibility index (Phi) is 6.21. The van der Waals surface area contributed by atoms with Gasteiger partial charge in [0, 0.05) is 39.1 Å². The number of nitrogens with zero attached hydrogens (tertiary/aromatic N) is 2. The average Bonchev–Trinajstić information content (AvgIpc) is 3.02. The van der Waals surface area contributed by atoms with Crippen LogP contribution >= 0.6 is 0 Å². The van der Waals surface area contributed by atoms with E-state index in [0.717, 1.165) is 24.5 Å². The van der Waals surface area contributed by atoms with Crippen LogP contribution in [0.25, 0.3) is 0 Å². The summed E-state index contributed by atoms with van der Waals surface area (Å²) in [6.45, 7) is 3.57. The lowest BCUT2D eigenvalue weighted by molar-refractivity contribution is -0.122. The second kappa shape index (κ2) is 9.19. The Morgan fingerprint density at radius 2 is 1.67 bits per heavy atom. The number of imide groups is 1. The summed E-state index contributed by atoms with van der Waals surface area (Å²) < 4.78 is 5.78. The third-order valence-corrected chi connectivity index (χ3v) is 5.44. The van der Waals surface area contributed by atoms with Crippen LogP contribution in [-0.4, -0.2) is 66.4 Å². The van der Waals surface area contributed by atoms with Crippen LogP contribution in [0, 0.1) is 0 Å². The summed E-state index contributed by atoms with van der Waals surface area (Å²) in [6, 6.07) is 17.0. The third kappa shape index (κ3) is 4.58. The molecule has 0 spiro atoms. The van der Waals surface area contributed by atoms with Gasteiger partial charge in [-0.05, 0) is 17.7 Å². The average molecular weight is 407 g/mol. The highest BCUT2D eigenvalue weighted by Crippen LogP contribution is 2.22. The van der Waals surface area contributed by atoms with Crippen molar-refractivity contribution in [3.63, 3.8) is 0 Å². The van der Waals surface area contributed by atoms with E-state index in [2.05, 4.69) is 22.3 Å². The molecular weight excluding hydrogens is 382 g/mol. The van der Waals surface area contributed by atoms with Gasteiger partial charge in [0.25, 0.3) is 11.8 Å². The highest BCUT2D eigenvalue weighted by atomic mass is 16.5. The molecule has 3 amide bonds. The number of rotatable bonds is 7. The van der Waals surface area contributed by atoms with Crippen molar-refractivity contribution in [3.05, 3.63) is 71.3 Å². The molecule has 2 aromatic rings. The minimum absolute atomic E-state index is 0.0732. The van der Waals surface area contributed by atoms with Crippen molar-refractivity contribution < 1.29 is 19.1 Å². The number of fused-ring (bicyclic) bond motifs is 1. The minimum Gasteiger partial charge on any atom is -0.374 e. The number of hydrogen-bond acceptors (Lipinski definition) is 5. The zero-order chi connectivity index (χ0) is 20.9. The van der Waals surface area contributed by atoms with Gasteiger partial charge in [-0.1, -0.05) is 42.5 Å². The molecule has 2 aromatic carbocycles. The standard InChI is InChI=1S/C23H25N3O4/c27-21(10-11-26-22(28)19-8-4-5-9-20(19)23(26)29)24-14-18-16-25(12-13-30-18)15-17-6-2-1-3-7-17/h1-9,18H,10-16H2,(H,24,27)/t18-/m1/s1. The van der Waals surface area contributed by atoms with Crippen molar-refractivity contribution in [1.29, 1.82) is 0 Å². The fraction of sp³-hybridized carbons (Fsp3) is 0.348. The van der Waals surface area contributed by atoms with Crippen molar-refractivity contribution in [2.45, 2.75) is 19.1 Å². The van der Waals surface area contributed by atoms with Crippen LogP contribution in [-0.2, 0) is 16.1 Å². The predicted molar refractivity (Wildman–Crippen MR) is 111 cm³/mol. The first-order chi connectivity index (χ1) is 14.6. The summed E-state index contributed by atoms with van der Waals surface area (Å²) in [6.07, 6.45) is -0.00272. The zero-order valence-electron chi connectivity index (χ0n) is 16.8. The third-order valence-electron chi connectivity index (χ3n) is 5.44. The molecule has 156 valence electrons. The highest BCUT2D eigenvalue weighted by Gasteiger charge is 2.35. The van der Waals surface area contributed by atoms with Gasteiger partial charge in [-0.3, -0.25) is 24.2 Å². The number of amides is 3. The van der Waals surface area contributed by atoms with Crippen molar-refractivity contribution >= 4 is 17.7 Å². The Labute approximate surface area is 175 Å². The van der Waals surface area contributed by atoms with E-state index in [0.29, 0.717) is 24.3 Å². The first-order valence-electron chi connectivity index (χ1n) is 10.2. The maximum absolute atomic E-state index is 12.4. The fourth-order valence-corrected chi connectivity index (χ4v) is 3.86. The predicted octanol–water partition coefficient (Wildman–Crippen LogP) is 1.69. The van der Waals surface area contributed by atoms with Crippen LogP contribution in [0.4, 0.5) is 0 Å². The van der Waals surface area contributed by atoms with E-state index < -0.39 is 0 Å². The number of nitrogens with one attached hydrogen (secondary N) is 1. The summed E-state index contributed by atoms with van der Waals surface area (Å²) in [7, 11) is 0. The number of benzene rings is 2. The Hall–Kier alpha value is -3.03. The molecule has 2 aliphatic rings. The fourth-order valence-electron chi connectivity index (χ4n) is 3.86. The topological polar surface area (TPSA) is 79.0 Å². The summed E-state index contributed by atoms with van der Waals surface area (Å²) >= 11 is 0. The van der Waals surface area contributed by atoms with E-state index in [9.17, 15) is 14.4 Å². The minimum atomic E-state index is -0.337. The molecule has 2 aliphatic heterocycles. The molecule has 1 atom stereocenters. The van der Waals surface area contributed by atoms with Crippen molar-refractivity contribution in [3.8, 4) is 0 Å². The quantitative estimate of drug-likeness (QED) is 0.707. The summed E-state index contributed by atoms with van der Waals surface area (Å²) in [4.78, 5) is 40.4. The lowest BCUT2D eigenvalue weighted by atomic mass is 10.1. The SMILES string of the molecule is O=C(CCN1C(=O)c2ccccc2C1=O)NC[C@@H]1CN(Cc2ccccc2)CCO1. The maximum Gasteiger partial charge on any atom is 0.261 e. The van der Waals surface area contributed by atoms with Crippen LogP contribution < -0.4 is 5.32 Å². The largest absolute Gasteiger partial charge is 0.374 e. The monoisotopic (exact) mass is 407 g/mol. The van der Waals surface area contributed by atoms with E-state index in [1.54, 1.807) is 24.3 Å². The van der Waals surface area contributed by atoms with Crippen LogP contribution in [0.2, 0.25) is 0 Å². The molecule has 0 aliphatic carbocycles. The molecule has 0 bridgehead atoms. The van der Waals surface area contributed by atoms with Crippen LogP contribution in [0.5, 0.6) is 0 Å². The van der Waals surface area contributed by atoms with Gasteiger partial charge < -0.3 is 10.1 Å². The second-order valence-electron chi connectivity index (χ2n) is 7.58.